The van der Waals surface area contributed by atoms with Gasteiger partial charge >= 0.3 is 6.09 Å². The van der Waals surface area contributed by atoms with Gasteiger partial charge in [0.1, 0.15) is 29.4 Å². The van der Waals surface area contributed by atoms with E-state index >= 15 is 0 Å². The second-order valence-corrected chi connectivity index (χ2v) is 11.3. The third kappa shape index (κ3) is 4.78. The number of amides is 2. The van der Waals surface area contributed by atoms with E-state index in [1.165, 1.54) is 18.1 Å². The summed E-state index contributed by atoms with van der Waals surface area (Å²) in [6.07, 6.45) is -0.527. The van der Waals surface area contributed by atoms with E-state index in [0.717, 1.165) is 0 Å². The van der Waals surface area contributed by atoms with Crippen molar-refractivity contribution in [3.8, 4) is 16.9 Å². The third-order valence-corrected chi connectivity index (χ3v) is 8.57. The van der Waals surface area contributed by atoms with Gasteiger partial charge in [-0.2, -0.15) is 0 Å². The molecule has 3 aliphatic rings. The first kappa shape index (κ1) is 30.7. The number of Topliss-reactive ketones (excluding diaryl/α,β-unsaturated/α-hetero) is 2. The molecule has 0 unspecified atom stereocenters. The quantitative estimate of drug-likeness (QED) is 0.198. The van der Waals surface area contributed by atoms with Crippen LogP contribution in [-0.4, -0.2) is 95.0 Å². The van der Waals surface area contributed by atoms with Crippen LogP contribution in [0.2, 0.25) is 0 Å². The van der Waals surface area contributed by atoms with E-state index in [1.54, 1.807) is 44.4 Å². The number of aliphatic hydroxyl groups is 3. The predicted octanol–water partition coefficient (Wildman–Crippen LogP) is 1.83. The van der Waals surface area contributed by atoms with Gasteiger partial charge in [0.15, 0.2) is 11.4 Å². The smallest absolute Gasteiger partial charge is 0.411 e. The fraction of sp³-hybridized carbons (Fsp3) is 0.355. The van der Waals surface area contributed by atoms with E-state index in [2.05, 4.69) is 5.32 Å². The third-order valence-electron chi connectivity index (χ3n) is 8.57. The predicted molar refractivity (Wildman–Crippen MR) is 157 cm³/mol. The number of aromatic hydroxyl groups is 1. The molecule has 4 atom stereocenters. The largest absolute Gasteiger partial charge is 0.508 e. The van der Waals surface area contributed by atoms with E-state index in [1.807, 2.05) is 0 Å². The number of likely N-dealkylation sites (N-methyl/N-ethyl adjacent to an activating group) is 1. The Labute approximate surface area is 252 Å². The zero-order valence-corrected chi connectivity index (χ0v) is 24.3. The van der Waals surface area contributed by atoms with Crippen LogP contribution in [0.5, 0.6) is 5.75 Å². The maximum absolute atomic E-state index is 14.0. The monoisotopic (exact) mass is 607 g/mol. The summed E-state index contributed by atoms with van der Waals surface area (Å²) < 4.78 is 9.87. The number of ketones is 2. The number of primary amides is 1. The first-order chi connectivity index (χ1) is 20.8. The standard InChI is InChI=1S/C31H33N3O10/c1-34(2)24-19-13-15-12-18-17(14-4-6-16(7-5-14)33-30(41)44-11-10-43-3)8-9-20(35)22(18)25(36)21(15)27(38)31(19,42)28(39)23(26(24)37)29(32)40/h4-9,15,19,24,35-36,39,42H,10-13H2,1-3H3,(H2,32,40)(H,33,41)/t15-,19-,24-,31-/m0/s1. The summed E-state index contributed by atoms with van der Waals surface area (Å²) in [7, 11) is 4.58. The van der Waals surface area contributed by atoms with Crippen LogP contribution in [0.25, 0.3) is 16.9 Å². The van der Waals surface area contributed by atoms with Crippen LogP contribution < -0.4 is 11.1 Å². The van der Waals surface area contributed by atoms with E-state index in [0.29, 0.717) is 22.4 Å². The Hall–Kier alpha value is -4.72. The van der Waals surface area contributed by atoms with Gasteiger partial charge in [0.25, 0.3) is 5.91 Å². The number of hydrogen-bond donors (Lipinski definition) is 6. The molecule has 2 amide bonds. The molecule has 0 aliphatic heterocycles. The number of rotatable bonds is 7. The number of anilines is 1. The van der Waals surface area contributed by atoms with Crippen molar-refractivity contribution in [3.63, 3.8) is 0 Å². The highest BCUT2D eigenvalue weighted by Crippen LogP contribution is 2.53. The molecule has 2 aromatic carbocycles. The molecule has 13 heteroatoms. The van der Waals surface area contributed by atoms with Crippen molar-refractivity contribution < 1.29 is 49.1 Å². The van der Waals surface area contributed by atoms with E-state index < -0.39 is 64.1 Å². The molecule has 44 heavy (non-hydrogen) atoms. The minimum atomic E-state index is -2.70. The van der Waals surface area contributed by atoms with Crippen molar-refractivity contribution >= 4 is 35.0 Å². The van der Waals surface area contributed by atoms with Crippen LogP contribution in [0.4, 0.5) is 10.5 Å². The van der Waals surface area contributed by atoms with Gasteiger partial charge in [0, 0.05) is 24.3 Å². The number of methoxy groups -OCH3 is 1. The molecule has 0 bridgehead atoms. The van der Waals surface area contributed by atoms with Gasteiger partial charge in [-0.05, 0) is 67.7 Å². The molecule has 0 aromatic heterocycles. The topological polar surface area (TPSA) is 209 Å². The van der Waals surface area contributed by atoms with Crippen molar-refractivity contribution in [3.05, 3.63) is 64.4 Å². The lowest BCUT2D eigenvalue weighted by Gasteiger charge is -2.50. The van der Waals surface area contributed by atoms with Gasteiger partial charge in [-0.15, -0.1) is 0 Å². The number of phenolic OH excluding ortho intramolecular Hbond substituents is 1. The van der Waals surface area contributed by atoms with Crippen LogP contribution >= 0.6 is 0 Å². The summed E-state index contributed by atoms with van der Waals surface area (Å²) in [5.41, 5.74) is 3.86. The number of nitrogens with one attached hydrogen (secondary N) is 1. The molecule has 2 aromatic rings. The number of carbonyl (C=O) groups is 4. The van der Waals surface area contributed by atoms with E-state index in [4.69, 9.17) is 15.2 Å². The lowest BCUT2D eigenvalue weighted by molar-refractivity contribution is -0.153. The van der Waals surface area contributed by atoms with Crippen LogP contribution in [0.3, 0.4) is 0 Å². The zero-order chi connectivity index (χ0) is 32.1. The van der Waals surface area contributed by atoms with Crippen LogP contribution in [0, 0.1) is 11.8 Å². The van der Waals surface area contributed by atoms with Crippen molar-refractivity contribution in [2.24, 2.45) is 17.6 Å². The maximum atomic E-state index is 14.0. The fourth-order valence-electron chi connectivity index (χ4n) is 6.62. The summed E-state index contributed by atoms with van der Waals surface area (Å²) in [6.45, 7) is 0.346. The fourth-order valence-corrected chi connectivity index (χ4v) is 6.62. The van der Waals surface area contributed by atoms with Crippen molar-refractivity contribution in [1.82, 2.24) is 4.90 Å². The average Bonchev–Trinajstić information content (AvgIpc) is 2.95. The molecule has 7 N–H and O–H groups in total. The Morgan fingerprint density at radius 1 is 1.07 bits per heavy atom. The van der Waals surface area contributed by atoms with Crippen LogP contribution in [0.15, 0.2) is 53.3 Å². The first-order valence-electron chi connectivity index (χ1n) is 13.9. The number of nitrogens with zero attached hydrogens (tertiary/aromatic N) is 1. The molecule has 0 saturated heterocycles. The Morgan fingerprint density at radius 2 is 1.75 bits per heavy atom. The van der Waals surface area contributed by atoms with Crippen molar-refractivity contribution in [2.45, 2.75) is 24.5 Å². The number of hydrogen-bond acceptors (Lipinski definition) is 11. The average molecular weight is 608 g/mol. The minimum Gasteiger partial charge on any atom is -0.508 e. The summed E-state index contributed by atoms with van der Waals surface area (Å²) in [5, 5.41) is 47.6. The summed E-state index contributed by atoms with van der Waals surface area (Å²) >= 11 is 0. The Bertz CT molecular complexity index is 1630. The molecule has 1 saturated carbocycles. The number of nitrogens with two attached hydrogens (primary N) is 1. The molecular formula is C31H33N3O10. The van der Waals surface area contributed by atoms with Gasteiger partial charge in [0.05, 0.1) is 18.2 Å². The molecule has 5 rings (SSSR count). The van der Waals surface area contributed by atoms with Gasteiger partial charge in [0.2, 0.25) is 5.78 Å². The second kappa shape index (κ2) is 11.4. The Kier molecular flexibility index (Phi) is 7.97. The molecule has 13 nitrogen and oxygen atoms in total. The lowest BCUT2D eigenvalue weighted by Crippen LogP contribution is -2.65. The first-order valence-corrected chi connectivity index (χ1v) is 13.9. The molecule has 0 radical (unpaired) electrons. The SMILES string of the molecule is COCCOC(=O)Nc1ccc(-c2ccc(O)c3c2C[C@H]2C[C@H]4[C@H](N(C)C)C(=O)C(C(N)=O)=C(O)[C@@]4(O)C(=O)C2=C3O)cc1. The highest BCUT2D eigenvalue weighted by atomic mass is 16.6. The number of carbonyl (C=O) groups excluding carboxylic acids is 4. The van der Waals surface area contributed by atoms with E-state index in [-0.39, 0.29) is 42.9 Å². The number of aliphatic hydroxyl groups excluding tert-OH is 2. The molecule has 0 spiro atoms. The molecule has 1 fully saturated rings. The number of phenols is 1. The van der Waals surface area contributed by atoms with E-state index in [9.17, 15) is 39.6 Å². The molecular weight excluding hydrogens is 574 g/mol. The normalized spacial score (nSPS) is 24.5. The summed E-state index contributed by atoms with van der Waals surface area (Å²) in [5.74, 6) is -7.08. The van der Waals surface area contributed by atoms with Crippen LogP contribution in [0.1, 0.15) is 17.5 Å². The highest BCUT2D eigenvalue weighted by Gasteiger charge is 2.64. The van der Waals surface area contributed by atoms with Crippen molar-refractivity contribution in [1.29, 1.82) is 0 Å². The zero-order valence-electron chi connectivity index (χ0n) is 24.3. The van der Waals surface area contributed by atoms with Gasteiger partial charge in [-0.3, -0.25) is 24.6 Å². The Balaban J connectivity index is 1.56. The maximum Gasteiger partial charge on any atom is 0.411 e. The number of fused-ring (bicyclic) bond motifs is 3. The molecule has 0 heterocycles. The molecule has 232 valence electrons. The van der Waals surface area contributed by atoms with Crippen molar-refractivity contribution in [2.75, 3.05) is 39.7 Å². The summed E-state index contributed by atoms with van der Waals surface area (Å²) in [6, 6.07) is 8.62. The van der Waals surface area contributed by atoms with Gasteiger partial charge < -0.3 is 35.6 Å². The minimum absolute atomic E-state index is 0.0114. The second-order valence-electron chi connectivity index (χ2n) is 11.3. The highest BCUT2D eigenvalue weighted by molar-refractivity contribution is 6.24. The lowest BCUT2D eigenvalue weighted by atomic mass is 9.57. The van der Waals surface area contributed by atoms with Gasteiger partial charge in [-0.1, -0.05) is 18.2 Å². The Morgan fingerprint density at radius 3 is 2.36 bits per heavy atom. The van der Waals surface area contributed by atoms with Crippen LogP contribution in [-0.2, 0) is 30.3 Å². The van der Waals surface area contributed by atoms with Gasteiger partial charge in [-0.25, -0.2) is 4.79 Å². The summed E-state index contributed by atoms with van der Waals surface area (Å²) in [4.78, 5) is 52.8. The molecule has 3 aliphatic carbocycles. The number of ether oxygens (including phenoxy) is 2. The number of benzene rings is 2.